The number of hydrogen-bond acceptors (Lipinski definition) is 2. The van der Waals surface area contributed by atoms with Gasteiger partial charge in [-0.05, 0) is 23.3 Å². The Morgan fingerprint density at radius 1 is 1.06 bits per heavy atom. The lowest BCUT2D eigenvalue weighted by molar-refractivity contribution is 0.178. The predicted octanol–water partition coefficient (Wildman–Crippen LogP) is 2.97. The molecule has 2 aromatic rings. The van der Waals surface area contributed by atoms with Gasteiger partial charge >= 0.3 is 0 Å². The molecule has 0 spiro atoms. The van der Waals surface area contributed by atoms with Crippen LogP contribution in [-0.2, 0) is 6.42 Å². The predicted molar refractivity (Wildman–Crippen MR) is 68.1 cm³/mol. The van der Waals surface area contributed by atoms with Crippen LogP contribution >= 0.6 is 0 Å². The van der Waals surface area contributed by atoms with Crippen molar-refractivity contribution in [1.29, 1.82) is 0 Å². The van der Waals surface area contributed by atoms with Gasteiger partial charge in [-0.25, -0.2) is 0 Å². The number of aliphatic hydroxyl groups excluding tert-OH is 1. The lowest BCUT2D eigenvalue weighted by atomic mass is 10.0. The Kier molecular flexibility index (Phi) is 3.78. The molecule has 17 heavy (non-hydrogen) atoms. The van der Waals surface area contributed by atoms with E-state index < -0.39 is 6.10 Å². The van der Waals surface area contributed by atoms with Crippen LogP contribution in [0.25, 0.3) is 0 Å². The standard InChI is InChI=1S/C15H16O2/c1-17-14-9-5-8-13(11-14)15(16)10-12-6-3-2-4-7-12/h2-9,11,15-16H,10H2,1H3. The van der Waals surface area contributed by atoms with E-state index in [1.165, 1.54) is 0 Å². The number of hydrogen-bond donors (Lipinski definition) is 1. The van der Waals surface area contributed by atoms with Crippen LogP contribution in [0.5, 0.6) is 5.75 Å². The molecular weight excluding hydrogens is 212 g/mol. The average Bonchev–Trinajstić information content (AvgIpc) is 2.40. The van der Waals surface area contributed by atoms with Crippen molar-refractivity contribution in [3.63, 3.8) is 0 Å². The van der Waals surface area contributed by atoms with Gasteiger partial charge in [0.25, 0.3) is 0 Å². The highest BCUT2D eigenvalue weighted by molar-refractivity contribution is 5.31. The second kappa shape index (κ2) is 5.51. The molecule has 0 saturated carbocycles. The molecule has 0 bridgehead atoms. The fraction of sp³-hybridized carbons (Fsp3) is 0.200. The smallest absolute Gasteiger partial charge is 0.119 e. The molecular formula is C15H16O2. The van der Waals surface area contributed by atoms with E-state index in [0.717, 1.165) is 16.9 Å². The first-order chi connectivity index (χ1) is 8.29. The third-order valence-corrected chi connectivity index (χ3v) is 2.75. The van der Waals surface area contributed by atoms with Crippen molar-refractivity contribution in [2.75, 3.05) is 7.11 Å². The molecule has 2 aromatic carbocycles. The molecule has 0 aliphatic carbocycles. The molecule has 2 nitrogen and oxygen atoms in total. The molecule has 0 heterocycles. The van der Waals surface area contributed by atoms with E-state index in [9.17, 15) is 5.11 Å². The zero-order valence-electron chi connectivity index (χ0n) is 9.84. The van der Waals surface area contributed by atoms with Gasteiger partial charge in [-0.3, -0.25) is 0 Å². The van der Waals surface area contributed by atoms with Crippen molar-refractivity contribution in [2.45, 2.75) is 12.5 Å². The molecule has 1 unspecified atom stereocenters. The minimum absolute atomic E-state index is 0.493. The monoisotopic (exact) mass is 228 g/mol. The van der Waals surface area contributed by atoms with Crippen molar-refractivity contribution in [3.05, 3.63) is 65.7 Å². The minimum atomic E-state index is -0.493. The minimum Gasteiger partial charge on any atom is -0.497 e. The first kappa shape index (κ1) is 11.7. The second-order valence-corrected chi connectivity index (χ2v) is 3.98. The highest BCUT2D eigenvalue weighted by Crippen LogP contribution is 2.22. The van der Waals surface area contributed by atoms with E-state index in [1.54, 1.807) is 7.11 Å². The van der Waals surface area contributed by atoms with Crippen LogP contribution in [0.2, 0.25) is 0 Å². The summed E-state index contributed by atoms with van der Waals surface area (Å²) in [5.74, 6) is 0.773. The van der Waals surface area contributed by atoms with Crippen LogP contribution in [0.15, 0.2) is 54.6 Å². The Labute approximate surface area is 101 Å². The van der Waals surface area contributed by atoms with Gasteiger partial charge in [0.1, 0.15) is 5.75 Å². The van der Waals surface area contributed by atoms with Gasteiger partial charge in [-0.2, -0.15) is 0 Å². The zero-order chi connectivity index (χ0) is 12.1. The second-order valence-electron chi connectivity index (χ2n) is 3.98. The summed E-state index contributed by atoms with van der Waals surface area (Å²) in [7, 11) is 1.63. The summed E-state index contributed by atoms with van der Waals surface area (Å²) in [6.07, 6.45) is 0.126. The van der Waals surface area contributed by atoms with Crippen LogP contribution in [0.3, 0.4) is 0 Å². The van der Waals surface area contributed by atoms with Crippen molar-refractivity contribution in [3.8, 4) is 5.75 Å². The summed E-state index contributed by atoms with van der Waals surface area (Å²) in [4.78, 5) is 0. The van der Waals surface area contributed by atoms with Crippen molar-refractivity contribution in [2.24, 2.45) is 0 Å². The van der Waals surface area contributed by atoms with Crippen LogP contribution < -0.4 is 4.74 Å². The molecule has 2 heteroatoms. The summed E-state index contributed by atoms with van der Waals surface area (Å²) in [6.45, 7) is 0. The number of rotatable bonds is 4. The molecule has 0 amide bonds. The van der Waals surface area contributed by atoms with Crippen molar-refractivity contribution >= 4 is 0 Å². The van der Waals surface area contributed by atoms with Crippen LogP contribution in [0.4, 0.5) is 0 Å². The first-order valence-corrected chi connectivity index (χ1v) is 5.65. The number of methoxy groups -OCH3 is 1. The Bertz CT molecular complexity index is 465. The highest BCUT2D eigenvalue weighted by Gasteiger charge is 2.08. The lowest BCUT2D eigenvalue weighted by Crippen LogP contribution is -2.01. The quantitative estimate of drug-likeness (QED) is 0.871. The SMILES string of the molecule is COc1cccc(C(O)Cc2ccccc2)c1. The van der Waals surface area contributed by atoms with Gasteiger partial charge in [-0.1, -0.05) is 42.5 Å². The van der Waals surface area contributed by atoms with Crippen LogP contribution in [0.1, 0.15) is 17.2 Å². The number of ether oxygens (including phenoxy) is 1. The van der Waals surface area contributed by atoms with Gasteiger partial charge in [0, 0.05) is 6.42 Å². The maximum absolute atomic E-state index is 10.1. The Hall–Kier alpha value is -1.80. The third kappa shape index (κ3) is 3.08. The van der Waals surface area contributed by atoms with Crippen LogP contribution in [-0.4, -0.2) is 12.2 Å². The molecule has 88 valence electrons. The molecule has 2 rings (SSSR count). The van der Waals surface area contributed by atoms with Crippen molar-refractivity contribution < 1.29 is 9.84 Å². The van der Waals surface area contributed by atoms with Gasteiger partial charge in [0.2, 0.25) is 0 Å². The van der Waals surface area contributed by atoms with Gasteiger partial charge < -0.3 is 9.84 Å². The lowest BCUT2D eigenvalue weighted by Gasteiger charge is -2.12. The normalized spacial score (nSPS) is 12.1. The maximum atomic E-state index is 10.1. The zero-order valence-corrected chi connectivity index (χ0v) is 9.84. The summed E-state index contributed by atoms with van der Waals surface area (Å²) in [5.41, 5.74) is 2.01. The molecule has 0 aromatic heterocycles. The third-order valence-electron chi connectivity index (χ3n) is 2.75. The summed E-state index contributed by atoms with van der Waals surface area (Å²) >= 11 is 0. The molecule has 1 N–H and O–H groups in total. The van der Waals surface area contributed by atoms with Crippen molar-refractivity contribution in [1.82, 2.24) is 0 Å². The molecule has 0 aliphatic heterocycles. The molecule has 1 atom stereocenters. The summed E-state index contributed by atoms with van der Waals surface area (Å²) in [5, 5.41) is 10.1. The van der Waals surface area contributed by atoms with Gasteiger partial charge in [0.15, 0.2) is 0 Å². The van der Waals surface area contributed by atoms with Crippen LogP contribution in [0, 0.1) is 0 Å². The van der Waals surface area contributed by atoms with E-state index in [2.05, 4.69) is 0 Å². The largest absolute Gasteiger partial charge is 0.497 e. The van der Waals surface area contributed by atoms with E-state index in [0.29, 0.717) is 6.42 Å². The van der Waals surface area contributed by atoms with E-state index >= 15 is 0 Å². The van der Waals surface area contributed by atoms with Gasteiger partial charge in [0.05, 0.1) is 13.2 Å². The van der Waals surface area contributed by atoms with E-state index in [1.807, 2.05) is 54.6 Å². The Morgan fingerprint density at radius 2 is 1.82 bits per heavy atom. The molecule has 0 saturated heterocycles. The van der Waals surface area contributed by atoms with E-state index in [4.69, 9.17) is 4.74 Å². The topological polar surface area (TPSA) is 29.5 Å². The molecule has 0 fully saturated rings. The number of benzene rings is 2. The van der Waals surface area contributed by atoms with Gasteiger partial charge in [-0.15, -0.1) is 0 Å². The average molecular weight is 228 g/mol. The summed E-state index contributed by atoms with van der Waals surface area (Å²) < 4.78 is 5.14. The van der Waals surface area contributed by atoms with E-state index in [-0.39, 0.29) is 0 Å². The fourth-order valence-corrected chi connectivity index (χ4v) is 1.80. The Balaban J connectivity index is 2.11. The first-order valence-electron chi connectivity index (χ1n) is 5.65. The Morgan fingerprint density at radius 3 is 2.53 bits per heavy atom. The molecule has 0 aliphatic rings. The maximum Gasteiger partial charge on any atom is 0.119 e. The number of aliphatic hydroxyl groups is 1. The molecule has 0 radical (unpaired) electrons. The summed E-state index contributed by atoms with van der Waals surface area (Å²) in [6, 6.07) is 17.5. The fourth-order valence-electron chi connectivity index (χ4n) is 1.80. The highest BCUT2D eigenvalue weighted by atomic mass is 16.5.